The summed E-state index contributed by atoms with van der Waals surface area (Å²) in [6.07, 6.45) is 4.25. The molecule has 1 aliphatic rings. The number of likely N-dealkylation sites (N-methyl/N-ethyl adjacent to an activating group) is 1. The molecule has 4 atom stereocenters. The minimum absolute atomic E-state index is 0.319. The maximum atomic E-state index is 6.07. The molecule has 1 aliphatic heterocycles. The van der Waals surface area contributed by atoms with Crippen LogP contribution in [0.25, 0.3) is 0 Å². The summed E-state index contributed by atoms with van der Waals surface area (Å²) in [5.41, 5.74) is 2.80. The van der Waals surface area contributed by atoms with Gasteiger partial charge in [0.2, 0.25) is 0 Å². The molecule has 4 unspecified atom stereocenters. The molecule has 1 heterocycles. The van der Waals surface area contributed by atoms with Crippen molar-refractivity contribution in [3.8, 4) is 0 Å². The Hall–Kier alpha value is -0.860. The third-order valence-corrected chi connectivity index (χ3v) is 4.54. The smallest absolute Gasteiger partial charge is 0.0774 e. The molecule has 0 aromatic heterocycles. The number of ether oxygens (including phenoxy) is 1. The van der Waals surface area contributed by atoms with Crippen LogP contribution in [0.4, 0.5) is 0 Å². The van der Waals surface area contributed by atoms with Crippen LogP contribution in [0.2, 0.25) is 0 Å². The zero-order valence-electron chi connectivity index (χ0n) is 13.4. The molecule has 1 N–H and O–H groups in total. The average molecular weight is 275 g/mol. The molecule has 112 valence electrons. The standard InChI is InChI=1S/C18H29NO/c1-5-13(3)15-8-10-16(11-9-15)18(19-6-2)17-12-7-14(4)20-17/h8-11,13-14,17-19H,5-7,12H2,1-4H3. The summed E-state index contributed by atoms with van der Waals surface area (Å²) in [5, 5.41) is 3.60. The summed E-state index contributed by atoms with van der Waals surface area (Å²) in [4.78, 5) is 0. The first-order chi connectivity index (χ1) is 9.65. The first-order valence-corrected chi connectivity index (χ1v) is 8.14. The molecule has 20 heavy (non-hydrogen) atoms. The van der Waals surface area contributed by atoms with Crippen molar-refractivity contribution in [1.82, 2.24) is 5.32 Å². The highest BCUT2D eigenvalue weighted by atomic mass is 16.5. The molecule has 1 aromatic rings. The van der Waals surface area contributed by atoms with Crippen molar-refractivity contribution in [2.24, 2.45) is 0 Å². The highest BCUT2D eigenvalue weighted by Gasteiger charge is 2.30. The molecule has 2 rings (SSSR count). The number of nitrogens with one attached hydrogen (secondary N) is 1. The second kappa shape index (κ2) is 7.24. The van der Waals surface area contributed by atoms with E-state index in [0.717, 1.165) is 13.0 Å². The van der Waals surface area contributed by atoms with Gasteiger partial charge in [-0.3, -0.25) is 0 Å². The van der Waals surface area contributed by atoms with Crippen molar-refractivity contribution in [2.75, 3.05) is 6.54 Å². The zero-order valence-corrected chi connectivity index (χ0v) is 13.4. The summed E-state index contributed by atoms with van der Waals surface area (Å²) in [7, 11) is 0. The van der Waals surface area contributed by atoms with E-state index < -0.39 is 0 Å². The zero-order chi connectivity index (χ0) is 14.5. The summed E-state index contributed by atoms with van der Waals surface area (Å²) < 4.78 is 6.07. The van der Waals surface area contributed by atoms with Gasteiger partial charge in [0.05, 0.1) is 18.2 Å². The number of hydrogen-bond acceptors (Lipinski definition) is 2. The molecule has 0 amide bonds. The van der Waals surface area contributed by atoms with Gasteiger partial charge in [-0.1, -0.05) is 45.0 Å². The van der Waals surface area contributed by atoms with Crippen LogP contribution in [0, 0.1) is 0 Å². The van der Waals surface area contributed by atoms with Crippen LogP contribution in [0.15, 0.2) is 24.3 Å². The van der Waals surface area contributed by atoms with E-state index in [0.29, 0.717) is 24.2 Å². The molecule has 0 aliphatic carbocycles. The Morgan fingerprint density at radius 1 is 1.15 bits per heavy atom. The molecule has 2 nitrogen and oxygen atoms in total. The Labute approximate surface area is 123 Å². The second-order valence-corrected chi connectivity index (χ2v) is 6.07. The van der Waals surface area contributed by atoms with E-state index in [9.17, 15) is 0 Å². The third-order valence-electron chi connectivity index (χ3n) is 4.54. The normalized spacial score (nSPS) is 25.6. The fourth-order valence-corrected chi connectivity index (χ4v) is 3.03. The van der Waals surface area contributed by atoms with Gasteiger partial charge in [0, 0.05) is 0 Å². The average Bonchev–Trinajstić information content (AvgIpc) is 2.90. The molecule has 0 spiro atoms. The van der Waals surface area contributed by atoms with Crippen molar-refractivity contribution >= 4 is 0 Å². The van der Waals surface area contributed by atoms with Gasteiger partial charge >= 0.3 is 0 Å². The molecule has 0 bridgehead atoms. The summed E-state index contributed by atoms with van der Waals surface area (Å²) in [6, 6.07) is 9.46. The van der Waals surface area contributed by atoms with E-state index in [4.69, 9.17) is 4.74 Å². The van der Waals surface area contributed by atoms with Crippen LogP contribution in [0.5, 0.6) is 0 Å². The molecule has 1 aromatic carbocycles. The summed E-state index contributed by atoms with van der Waals surface area (Å²) in [6.45, 7) is 9.85. The minimum atomic E-state index is 0.319. The third kappa shape index (κ3) is 3.62. The Kier molecular flexibility index (Phi) is 5.62. The Morgan fingerprint density at radius 3 is 2.30 bits per heavy atom. The van der Waals surface area contributed by atoms with Crippen molar-refractivity contribution < 1.29 is 4.74 Å². The van der Waals surface area contributed by atoms with Gasteiger partial charge < -0.3 is 10.1 Å². The molecule has 1 saturated heterocycles. The maximum Gasteiger partial charge on any atom is 0.0774 e. The van der Waals surface area contributed by atoms with E-state index >= 15 is 0 Å². The molecular formula is C18H29NO. The first-order valence-electron chi connectivity index (χ1n) is 8.14. The maximum absolute atomic E-state index is 6.07. The molecule has 2 heteroatoms. The van der Waals surface area contributed by atoms with E-state index in [-0.39, 0.29) is 0 Å². The lowest BCUT2D eigenvalue weighted by molar-refractivity contribution is 0.0319. The van der Waals surface area contributed by atoms with Crippen LogP contribution < -0.4 is 5.32 Å². The predicted molar refractivity (Wildman–Crippen MR) is 85.1 cm³/mol. The fourth-order valence-electron chi connectivity index (χ4n) is 3.03. The molecule has 0 radical (unpaired) electrons. The van der Waals surface area contributed by atoms with Crippen molar-refractivity contribution in [3.63, 3.8) is 0 Å². The number of benzene rings is 1. The van der Waals surface area contributed by atoms with Crippen LogP contribution in [0.1, 0.15) is 70.0 Å². The Bertz CT molecular complexity index is 400. The Balaban J connectivity index is 2.12. The van der Waals surface area contributed by atoms with Crippen LogP contribution in [-0.2, 0) is 4.74 Å². The van der Waals surface area contributed by atoms with Gasteiger partial charge in [-0.05, 0) is 49.8 Å². The van der Waals surface area contributed by atoms with Gasteiger partial charge in [0.1, 0.15) is 0 Å². The van der Waals surface area contributed by atoms with Gasteiger partial charge in [0.15, 0.2) is 0 Å². The topological polar surface area (TPSA) is 21.3 Å². The molecular weight excluding hydrogens is 246 g/mol. The van der Waals surface area contributed by atoms with E-state index in [1.165, 1.54) is 24.0 Å². The van der Waals surface area contributed by atoms with E-state index in [1.807, 2.05) is 0 Å². The largest absolute Gasteiger partial charge is 0.373 e. The highest BCUT2D eigenvalue weighted by Crippen LogP contribution is 2.31. The number of rotatable bonds is 6. The minimum Gasteiger partial charge on any atom is -0.373 e. The Morgan fingerprint density at radius 2 is 1.80 bits per heavy atom. The summed E-state index contributed by atoms with van der Waals surface area (Å²) in [5.74, 6) is 0.643. The first kappa shape index (κ1) is 15.5. The predicted octanol–water partition coefficient (Wildman–Crippen LogP) is 4.42. The van der Waals surface area contributed by atoms with E-state index in [1.54, 1.807) is 0 Å². The monoisotopic (exact) mass is 275 g/mol. The van der Waals surface area contributed by atoms with Crippen molar-refractivity contribution in [2.45, 2.75) is 71.1 Å². The quantitative estimate of drug-likeness (QED) is 0.830. The van der Waals surface area contributed by atoms with Crippen LogP contribution in [-0.4, -0.2) is 18.8 Å². The van der Waals surface area contributed by atoms with Crippen molar-refractivity contribution in [1.29, 1.82) is 0 Å². The van der Waals surface area contributed by atoms with Crippen LogP contribution >= 0.6 is 0 Å². The highest BCUT2D eigenvalue weighted by molar-refractivity contribution is 5.28. The molecule has 1 fully saturated rings. The lowest BCUT2D eigenvalue weighted by Gasteiger charge is -2.25. The van der Waals surface area contributed by atoms with Gasteiger partial charge in [-0.15, -0.1) is 0 Å². The van der Waals surface area contributed by atoms with Gasteiger partial charge in [-0.25, -0.2) is 0 Å². The number of hydrogen-bond donors (Lipinski definition) is 1. The van der Waals surface area contributed by atoms with E-state index in [2.05, 4.69) is 57.3 Å². The van der Waals surface area contributed by atoms with Gasteiger partial charge in [-0.2, -0.15) is 0 Å². The SMILES string of the molecule is CCNC(c1ccc(C(C)CC)cc1)C1CCC(C)O1. The van der Waals surface area contributed by atoms with Gasteiger partial charge in [0.25, 0.3) is 0 Å². The lowest BCUT2D eigenvalue weighted by Crippen LogP contribution is -2.32. The second-order valence-electron chi connectivity index (χ2n) is 6.07. The lowest BCUT2D eigenvalue weighted by atomic mass is 9.94. The van der Waals surface area contributed by atoms with Crippen LogP contribution in [0.3, 0.4) is 0 Å². The summed E-state index contributed by atoms with van der Waals surface area (Å²) >= 11 is 0. The molecule has 0 saturated carbocycles. The van der Waals surface area contributed by atoms with Crippen molar-refractivity contribution in [3.05, 3.63) is 35.4 Å². The fraction of sp³-hybridized carbons (Fsp3) is 0.667.